The fourth-order valence-electron chi connectivity index (χ4n) is 4.12. The van der Waals surface area contributed by atoms with Crippen molar-refractivity contribution in [1.82, 2.24) is 10.6 Å². The van der Waals surface area contributed by atoms with Crippen LogP contribution in [0.15, 0.2) is 66.7 Å². The van der Waals surface area contributed by atoms with Crippen molar-refractivity contribution in [3.05, 3.63) is 105 Å². The summed E-state index contributed by atoms with van der Waals surface area (Å²) >= 11 is 12.2. The van der Waals surface area contributed by atoms with E-state index in [4.69, 9.17) is 28.9 Å². The molecule has 0 aliphatic heterocycles. The van der Waals surface area contributed by atoms with E-state index in [1.807, 2.05) is 18.2 Å². The van der Waals surface area contributed by atoms with Crippen LogP contribution >= 0.6 is 23.2 Å². The Morgan fingerprint density at radius 1 is 0.941 bits per heavy atom. The SMILES string of the molecule is NC(NC(=O)C(NC(=O)c1ccc2c(c1)CCCC2O)c1ccc(Cl)c(Cl)c1)c1ccccc1. The van der Waals surface area contributed by atoms with Gasteiger partial charge < -0.3 is 21.5 Å². The zero-order chi connectivity index (χ0) is 24.2. The Morgan fingerprint density at radius 2 is 1.71 bits per heavy atom. The highest BCUT2D eigenvalue weighted by Gasteiger charge is 2.27. The molecular formula is C26H25Cl2N3O3. The third kappa shape index (κ3) is 5.42. The van der Waals surface area contributed by atoms with Gasteiger partial charge in [0.25, 0.3) is 5.91 Å². The van der Waals surface area contributed by atoms with Gasteiger partial charge in [-0.2, -0.15) is 0 Å². The molecule has 0 fully saturated rings. The Bertz CT molecular complexity index is 1200. The average Bonchev–Trinajstić information content (AvgIpc) is 2.84. The number of aryl methyl sites for hydroxylation is 1. The second-order valence-electron chi connectivity index (χ2n) is 8.30. The molecule has 0 saturated carbocycles. The predicted octanol–water partition coefficient (Wildman–Crippen LogP) is 4.61. The highest BCUT2D eigenvalue weighted by Crippen LogP contribution is 2.31. The van der Waals surface area contributed by atoms with Gasteiger partial charge in [0.2, 0.25) is 5.91 Å². The van der Waals surface area contributed by atoms with Crippen LogP contribution in [0, 0.1) is 0 Å². The van der Waals surface area contributed by atoms with Crippen LogP contribution < -0.4 is 16.4 Å². The van der Waals surface area contributed by atoms with E-state index < -0.39 is 30.1 Å². The first-order chi connectivity index (χ1) is 16.3. The molecule has 0 bridgehead atoms. The third-order valence-corrected chi connectivity index (χ3v) is 6.70. The average molecular weight is 498 g/mol. The first-order valence-corrected chi connectivity index (χ1v) is 11.8. The summed E-state index contributed by atoms with van der Waals surface area (Å²) in [6, 6.07) is 18.0. The lowest BCUT2D eigenvalue weighted by Gasteiger charge is -2.24. The Morgan fingerprint density at radius 3 is 2.44 bits per heavy atom. The summed E-state index contributed by atoms with van der Waals surface area (Å²) in [6.07, 6.45) is 1.07. The molecule has 1 aliphatic carbocycles. The smallest absolute Gasteiger partial charge is 0.252 e. The minimum atomic E-state index is -1.06. The molecule has 6 nitrogen and oxygen atoms in total. The Labute approximate surface area is 208 Å². The van der Waals surface area contributed by atoms with E-state index in [-0.39, 0.29) is 5.02 Å². The number of carbonyl (C=O) groups is 2. The maximum Gasteiger partial charge on any atom is 0.252 e. The van der Waals surface area contributed by atoms with Crippen LogP contribution in [0.25, 0.3) is 0 Å². The van der Waals surface area contributed by atoms with Gasteiger partial charge in [-0.1, -0.05) is 65.7 Å². The molecule has 0 spiro atoms. The first-order valence-electron chi connectivity index (χ1n) is 11.0. The molecule has 8 heteroatoms. The van der Waals surface area contributed by atoms with Crippen molar-refractivity contribution < 1.29 is 14.7 Å². The number of benzene rings is 3. The lowest BCUT2D eigenvalue weighted by atomic mass is 9.88. The van der Waals surface area contributed by atoms with Gasteiger partial charge in [-0.3, -0.25) is 9.59 Å². The quantitative estimate of drug-likeness (QED) is 0.373. The van der Waals surface area contributed by atoms with Crippen LogP contribution in [0.1, 0.15) is 63.8 Å². The lowest BCUT2D eigenvalue weighted by Crippen LogP contribution is -2.43. The fourth-order valence-corrected chi connectivity index (χ4v) is 4.42. The molecule has 0 heterocycles. The van der Waals surface area contributed by atoms with Crippen LogP contribution in [0.2, 0.25) is 10.0 Å². The zero-order valence-corrected chi connectivity index (χ0v) is 19.8. The molecule has 0 radical (unpaired) electrons. The molecule has 176 valence electrons. The number of rotatable bonds is 6. The monoisotopic (exact) mass is 497 g/mol. The molecule has 3 aromatic rings. The lowest BCUT2D eigenvalue weighted by molar-refractivity contribution is -0.123. The number of nitrogens with two attached hydrogens (primary N) is 1. The van der Waals surface area contributed by atoms with Gasteiger partial charge in [-0.25, -0.2) is 0 Å². The van der Waals surface area contributed by atoms with Gasteiger partial charge in [-0.15, -0.1) is 0 Å². The van der Waals surface area contributed by atoms with Gasteiger partial charge in [0.15, 0.2) is 0 Å². The number of fused-ring (bicyclic) bond motifs is 1. The fraction of sp³-hybridized carbons (Fsp3) is 0.231. The number of amides is 2. The number of nitrogens with one attached hydrogen (secondary N) is 2. The van der Waals surface area contributed by atoms with E-state index in [2.05, 4.69) is 10.6 Å². The topological polar surface area (TPSA) is 104 Å². The summed E-state index contributed by atoms with van der Waals surface area (Å²) in [5.74, 6) is -0.918. The van der Waals surface area contributed by atoms with Crippen molar-refractivity contribution in [2.45, 2.75) is 37.6 Å². The first kappa shape index (κ1) is 24.2. The summed E-state index contributed by atoms with van der Waals surface area (Å²) in [6.45, 7) is 0. The number of carbonyl (C=O) groups excluding carboxylic acids is 2. The molecule has 3 aromatic carbocycles. The maximum atomic E-state index is 13.3. The highest BCUT2D eigenvalue weighted by molar-refractivity contribution is 6.42. The number of hydrogen-bond donors (Lipinski definition) is 4. The minimum Gasteiger partial charge on any atom is -0.388 e. The number of hydrogen-bond acceptors (Lipinski definition) is 4. The summed E-state index contributed by atoms with van der Waals surface area (Å²) < 4.78 is 0. The summed E-state index contributed by atoms with van der Waals surface area (Å²) in [4.78, 5) is 26.4. The van der Waals surface area contributed by atoms with E-state index in [1.165, 1.54) is 0 Å². The van der Waals surface area contributed by atoms with Gasteiger partial charge in [-0.05, 0) is 65.8 Å². The molecule has 0 saturated heterocycles. The largest absolute Gasteiger partial charge is 0.388 e. The molecule has 34 heavy (non-hydrogen) atoms. The number of aliphatic hydroxyl groups excluding tert-OH is 1. The molecule has 5 N–H and O–H groups in total. The molecule has 0 aromatic heterocycles. The van der Waals surface area contributed by atoms with Crippen LogP contribution in [0.3, 0.4) is 0 Å². The van der Waals surface area contributed by atoms with E-state index in [0.29, 0.717) is 22.6 Å². The minimum absolute atomic E-state index is 0.265. The molecule has 4 rings (SSSR count). The van der Waals surface area contributed by atoms with Crippen molar-refractivity contribution in [3.63, 3.8) is 0 Å². The molecule has 3 unspecified atom stereocenters. The summed E-state index contributed by atoms with van der Waals surface area (Å²) in [7, 11) is 0. The Balaban J connectivity index is 1.59. The van der Waals surface area contributed by atoms with Crippen LogP contribution in [-0.2, 0) is 11.2 Å². The van der Waals surface area contributed by atoms with Gasteiger partial charge in [0, 0.05) is 5.56 Å². The van der Waals surface area contributed by atoms with Crippen molar-refractivity contribution in [2.24, 2.45) is 5.73 Å². The molecule has 3 atom stereocenters. The summed E-state index contributed by atoms with van der Waals surface area (Å²) in [5.41, 5.74) is 9.56. The van der Waals surface area contributed by atoms with E-state index in [9.17, 15) is 14.7 Å². The maximum absolute atomic E-state index is 13.3. The van der Waals surface area contributed by atoms with Crippen LogP contribution in [0.4, 0.5) is 0 Å². The van der Waals surface area contributed by atoms with Gasteiger partial charge in [0.1, 0.15) is 12.2 Å². The van der Waals surface area contributed by atoms with E-state index in [1.54, 1.807) is 48.5 Å². The van der Waals surface area contributed by atoms with Crippen molar-refractivity contribution in [1.29, 1.82) is 0 Å². The van der Waals surface area contributed by atoms with Gasteiger partial charge in [0.05, 0.1) is 16.1 Å². The van der Waals surface area contributed by atoms with Crippen LogP contribution in [0.5, 0.6) is 0 Å². The highest BCUT2D eigenvalue weighted by atomic mass is 35.5. The molecule has 2 amide bonds. The van der Waals surface area contributed by atoms with Crippen molar-refractivity contribution >= 4 is 35.0 Å². The summed E-state index contributed by atoms with van der Waals surface area (Å²) in [5, 5.41) is 16.4. The third-order valence-electron chi connectivity index (χ3n) is 5.96. The van der Waals surface area contributed by atoms with E-state index >= 15 is 0 Å². The normalized spacial score (nSPS) is 16.8. The van der Waals surface area contributed by atoms with E-state index in [0.717, 1.165) is 29.5 Å². The standard InChI is InChI=1S/C26H25Cl2N3O3/c27-20-12-10-17(14-21(20)28)23(26(34)31-24(29)15-5-2-1-3-6-15)30-25(33)18-9-11-19-16(13-18)7-4-8-22(19)32/h1-3,5-6,9-14,22-24,32H,4,7-8,29H2,(H,30,33)(H,31,34). The van der Waals surface area contributed by atoms with Crippen molar-refractivity contribution in [3.8, 4) is 0 Å². The van der Waals surface area contributed by atoms with Crippen molar-refractivity contribution in [2.75, 3.05) is 0 Å². The second kappa shape index (κ2) is 10.6. The van der Waals surface area contributed by atoms with Gasteiger partial charge >= 0.3 is 0 Å². The molecule has 1 aliphatic rings. The Kier molecular flexibility index (Phi) is 7.54. The number of aliphatic hydroxyl groups is 1. The number of halogens is 2. The van der Waals surface area contributed by atoms with Crippen LogP contribution in [-0.4, -0.2) is 16.9 Å². The second-order valence-corrected chi connectivity index (χ2v) is 9.11. The Hall–Kier alpha value is -2.90. The zero-order valence-electron chi connectivity index (χ0n) is 18.3. The molecular weight excluding hydrogens is 473 g/mol. The predicted molar refractivity (Wildman–Crippen MR) is 133 cm³/mol.